The van der Waals surface area contributed by atoms with Gasteiger partial charge in [-0.2, -0.15) is 5.10 Å². The Bertz CT molecular complexity index is 929. The van der Waals surface area contributed by atoms with Crippen molar-refractivity contribution in [3.05, 3.63) is 54.1 Å². The SMILES string of the molecule is Cc1nn(C)c2c1-c1cncn1[C@H]1CN(Cc3ccccc3)CC[C@@H]1O2. The van der Waals surface area contributed by atoms with E-state index in [0.717, 1.165) is 48.9 Å². The van der Waals surface area contributed by atoms with Crippen molar-refractivity contribution >= 4 is 0 Å². The van der Waals surface area contributed by atoms with Gasteiger partial charge in [-0.3, -0.25) is 4.90 Å². The predicted molar refractivity (Wildman–Crippen MR) is 99.0 cm³/mol. The average Bonchev–Trinajstić information content (AvgIpc) is 3.18. The molecule has 6 heteroatoms. The molecular weight excluding hydrogens is 326 g/mol. The molecule has 1 saturated heterocycles. The van der Waals surface area contributed by atoms with E-state index < -0.39 is 0 Å². The Kier molecular flexibility index (Phi) is 3.60. The molecule has 0 bridgehead atoms. The Morgan fingerprint density at radius 3 is 2.92 bits per heavy atom. The van der Waals surface area contributed by atoms with E-state index in [0.29, 0.717) is 0 Å². The lowest BCUT2D eigenvalue weighted by molar-refractivity contribution is 0.0449. The van der Waals surface area contributed by atoms with Gasteiger partial charge in [0.2, 0.25) is 5.88 Å². The molecule has 0 N–H and O–H groups in total. The number of rotatable bonds is 2. The van der Waals surface area contributed by atoms with Gasteiger partial charge in [-0.1, -0.05) is 30.3 Å². The van der Waals surface area contributed by atoms with Crippen molar-refractivity contribution in [2.45, 2.75) is 32.0 Å². The lowest BCUT2D eigenvalue weighted by Crippen LogP contribution is -2.45. The summed E-state index contributed by atoms with van der Waals surface area (Å²) in [6.45, 7) is 5.01. The fraction of sp³-hybridized carbons (Fsp3) is 0.400. The number of nitrogens with zero attached hydrogens (tertiary/aromatic N) is 5. The Labute approximate surface area is 153 Å². The van der Waals surface area contributed by atoms with Crippen LogP contribution in [0.1, 0.15) is 23.7 Å². The highest BCUT2D eigenvalue weighted by Crippen LogP contribution is 2.41. The summed E-state index contributed by atoms with van der Waals surface area (Å²) in [5.41, 5.74) is 4.53. The Hall–Kier alpha value is -2.60. The number of imidazole rings is 1. The average molecular weight is 349 g/mol. The Morgan fingerprint density at radius 2 is 2.08 bits per heavy atom. The summed E-state index contributed by atoms with van der Waals surface area (Å²) < 4.78 is 10.6. The van der Waals surface area contributed by atoms with Crippen LogP contribution >= 0.6 is 0 Å². The minimum absolute atomic E-state index is 0.144. The monoisotopic (exact) mass is 349 g/mol. The molecule has 1 aromatic carbocycles. The zero-order valence-electron chi connectivity index (χ0n) is 15.2. The molecule has 4 heterocycles. The molecule has 5 rings (SSSR count). The van der Waals surface area contributed by atoms with Crippen molar-refractivity contribution < 1.29 is 4.74 Å². The van der Waals surface area contributed by atoms with Crippen molar-refractivity contribution in [3.63, 3.8) is 0 Å². The molecule has 2 aliphatic rings. The van der Waals surface area contributed by atoms with Crippen molar-refractivity contribution in [2.75, 3.05) is 13.1 Å². The van der Waals surface area contributed by atoms with E-state index in [9.17, 15) is 0 Å². The zero-order valence-corrected chi connectivity index (χ0v) is 15.2. The minimum atomic E-state index is 0.144. The molecule has 0 saturated carbocycles. The van der Waals surface area contributed by atoms with Crippen molar-refractivity contribution in [3.8, 4) is 17.1 Å². The third-order valence-electron chi connectivity index (χ3n) is 5.57. The van der Waals surface area contributed by atoms with Crippen molar-refractivity contribution in [1.29, 1.82) is 0 Å². The van der Waals surface area contributed by atoms with Gasteiger partial charge in [0.15, 0.2) is 0 Å². The Balaban J connectivity index is 1.49. The van der Waals surface area contributed by atoms with E-state index in [1.807, 2.05) is 31.2 Å². The quantitative estimate of drug-likeness (QED) is 0.714. The van der Waals surface area contributed by atoms with Gasteiger partial charge in [0, 0.05) is 26.7 Å². The lowest BCUT2D eigenvalue weighted by atomic mass is 10.0. The molecule has 0 aliphatic carbocycles. The molecular formula is C20H23N5O. The zero-order chi connectivity index (χ0) is 17.7. The predicted octanol–water partition coefficient (Wildman–Crippen LogP) is 2.80. The number of fused-ring (bicyclic) bond motifs is 5. The summed E-state index contributed by atoms with van der Waals surface area (Å²) in [4.78, 5) is 6.97. The number of aryl methyl sites for hydroxylation is 2. The molecule has 2 aromatic heterocycles. The van der Waals surface area contributed by atoms with Gasteiger partial charge in [-0.25, -0.2) is 9.67 Å². The Morgan fingerprint density at radius 1 is 1.23 bits per heavy atom. The number of hydrogen-bond acceptors (Lipinski definition) is 4. The van der Waals surface area contributed by atoms with Gasteiger partial charge in [0.25, 0.3) is 0 Å². The molecule has 26 heavy (non-hydrogen) atoms. The summed E-state index contributed by atoms with van der Waals surface area (Å²) in [5, 5.41) is 4.56. The van der Waals surface area contributed by atoms with Crippen LogP contribution in [0.2, 0.25) is 0 Å². The fourth-order valence-electron chi connectivity index (χ4n) is 4.34. The molecule has 134 valence electrons. The largest absolute Gasteiger partial charge is 0.472 e. The fourth-order valence-corrected chi connectivity index (χ4v) is 4.34. The summed E-state index contributed by atoms with van der Waals surface area (Å²) in [6.07, 6.45) is 5.03. The third-order valence-corrected chi connectivity index (χ3v) is 5.57. The van der Waals surface area contributed by atoms with Crippen molar-refractivity contribution in [1.82, 2.24) is 24.2 Å². The number of hydrogen-bond donors (Lipinski definition) is 0. The van der Waals surface area contributed by atoms with E-state index in [2.05, 4.69) is 49.9 Å². The molecule has 0 radical (unpaired) electrons. The van der Waals surface area contributed by atoms with Gasteiger partial charge in [-0.05, 0) is 18.9 Å². The van der Waals surface area contributed by atoms with E-state index in [1.54, 1.807) is 0 Å². The first-order valence-corrected chi connectivity index (χ1v) is 9.19. The summed E-state index contributed by atoms with van der Waals surface area (Å²) in [6, 6.07) is 10.9. The molecule has 3 aromatic rings. The van der Waals surface area contributed by atoms with E-state index >= 15 is 0 Å². The van der Waals surface area contributed by atoms with Gasteiger partial charge in [0.1, 0.15) is 6.10 Å². The maximum Gasteiger partial charge on any atom is 0.221 e. The van der Waals surface area contributed by atoms with E-state index in [4.69, 9.17) is 4.74 Å². The molecule has 0 unspecified atom stereocenters. The lowest BCUT2D eigenvalue weighted by Gasteiger charge is -2.38. The summed E-state index contributed by atoms with van der Waals surface area (Å²) >= 11 is 0. The first-order chi connectivity index (χ1) is 12.7. The van der Waals surface area contributed by atoms with Crippen LogP contribution in [0.5, 0.6) is 5.88 Å². The molecule has 1 fully saturated rings. The molecule has 0 amide bonds. The van der Waals surface area contributed by atoms with Gasteiger partial charge >= 0.3 is 0 Å². The van der Waals surface area contributed by atoms with Gasteiger partial charge < -0.3 is 9.30 Å². The smallest absolute Gasteiger partial charge is 0.221 e. The summed E-state index contributed by atoms with van der Waals surface area (Å²) in [7, 11) is 1.96. The van der Waals surface area contributed by atoms with E-state index in [1.165, 1.54) is 5.56 Å². The molecule has 6 nitrogen and oxygen atoms in total. The van der Waals surface area contributed by atoms with Crippen LogP contribution in [0.15, 0.2) is 42.9 Å². The standard InChI is InChI=1S/C20H23N5O/c1-14-19-16-10-21-13-25(16)17-12-24(11-15-6-4-3-5-7-15)9-8-18(17)26-20(19)23(2)22-14/h3-7,10,13,17-18H,8-9,11-12H2,1-2H3/t17-,18-/m0/s1. The topological polar surface area (TPSA) is 48.1 Å². The number of likely N-dealkylation sites (tertiary alicyclic amines) is 1. The normalized spacial score (nSPS) is 22.1. The van der Waals surface area contributed by atoms with Gasteiger partial charge in [-0.15, -0.1) is 0 Å². The first-order valence-electron chi connectivity index (χ1n) is 9.19. The van der Waals surface area contributed by atoms with Crippen LogP contribution in [0.25, 0.3) is 11.3 Å². The van der Waals surface area contributed by atoms with Crippen LogP contribution in [0.4, 0.5) is 0 Å². The second kappa shape index (κ2) is 5.99. The van der Waals surface area contributed by atoms with Crippen LogP contribution in [0.3, 0.4) is 0 Å². The van der Waals surface area contributed by atoms with Crippen LogP contribution < -0.4 is 4.74 Å². The highest BCUT2D eigenvalue weighted by Gasteiger charge is 2.38. The number of benzene rings is 1. The number of piperidine rings is 1. The van der Waals surface area contributed by atoms with Crippen LogP contribution in [-0.2, 0) is 13.6 Å². The number of aromatic nitrogens is 4. The van der Waals surface area contributed by atoms with Crippen LogP contribution in [-0.4, -0.2) is 43.4 Å². The maximum atomic E-state index is 6.48. The molecule has 0 spiro atoms. The highest BCUT2D eigenvalue weighted by molar-refractivity contribution is 5.69. The highest BCUT2D eigenvalue weighted by atomic mass is 16.5. The van der Waals surface area contributed by atoms with Crippen molar-refractivity contribution in [2.24, 2.45) is 7.05 Å². The second-order valence-corrected chi connectivity index (χ2v) is 7.31. The molecule has 2 aliphatic heterocycles. The minimum Gasteiger partial charge on any atom is -0.472 e. The third kappa shape index (κ3) is 2.44. The molecule has 2 atom stereocenters. The van der Waals surface area contributed by atoms with Gasteiger partial charge in [0.05, 0.1) is 35.5 Å². The first kappa shape index (κ1) is 15.6. The van der Waals surface area contributed by atoms with E-state index in [-0.39, 0.29) is 12.1 Å². The van der Waals surface area contributed by atoms with Crippen LogP contribution in [0, 0.1) is 6.92 Å². The second-order valence-electron chi connectivity index (χ2n) is 7.31. The number of ether oxygens (including phenoxy) is 1. The summed E-state index contributed by atoms with van der Waals surface area (Å²) in [5.74, 6) is 0.869. The maximum absolute atomic E-state index is 6.48.